The van der Waals surface area contributed by atoms with Crippen molar-refractivity contribution in [2.75, 3.05) is 0 Å². The minimum Gasteiger partial charge on any atom is -0.256 e. The van der Waals surface area contributed by atoms with E-state index in [1.807, 2.05) is 36.4 Å². The van der Waals surface area contributed by atoms with Crippen LogP contribution in [0.5, 0.6) is 0 Å². The normalized spacial score (nSPS) is 11.1. The summed E-state index contributed by atoms with van der Waals surface area (Å²) in [6.45, 7) is 0.556. The lowest BCUT2D eigenvalue weighted by atomic mass is 10.2. The predicted octanol–water partition coefficient (Wildman–Crippen LogP) is 4.59. The lowest BCUT2D eigenvalue weighted by molar-refractivity contribution is 0.615. The van der Waals surface area contributed by atoms with Gasteiger partial charge in [0.05, 0.1) is 6.54 Å². The largest absolute Gasteiger partial charge is 0.256 e. The van der Waals surface area contributed by atoms with Crippen LogP contribution in [0.2, 0.25) is 0 Å². The molecular formula is C14H9BrFIN2. The third kappa shape index (κ3) is 2.53. The number of aromatic nitrogens is 2. The van der Waals surface area contributed by atoms with E-state index >= 15 is 0 Å². The Kier molecular flexibility index (Phi) is 3.58. The first-order chi connectivity index (χ1) is 9.15. The highest BCUT2D eigenvalue weighted by Gasteiger charge is 2.14. The molecule has 2 aromatic carbocycles. The fraction of sp³-hybridized carbons (Fsp3) is 0.0714. The molecule has 0 saturated heterocycles. The van der Waals surface area contributed by atoms with Gasteiger partial charge in [0.25, 0.3) is 0 Å². The predicted molar refractivity (Wildman–Crippen MR) is 85.7 cm³/mol. The molecule has 5 heteroatoms. The molecule has 19 heavy (non-hydrogen) atoms. The molecule has 96 valence electrons. The molecule has 0 amide bonds. The van der Waals surface area contributed by atoms with E-state index in [4.69, 9.17) is 0 Å². The number of benzene rings is 2. The van der Waals surface area contributed by atoms with Gasteiger partial charge in [-0.2, -0.15) is 5.10 Å². The van der Waals surface area contributed by atoms with E-state index in [-0.39, 0.29) is 5.82 Å². The Morgan fingerprint density at radius 1 is 1.21 bits per heavy atom. The van der Waals surface area contributed by atoms with Gasteiger partial charge in [0.2, 0.25) is 0 Å². The first-order valence-electron chi connectivity index (χ1n) is 5.70. The monoisotopic (exact) mass is 430 g/mol. The summed E-state index contributed by atoms with van der Waals surface area (Å²) in [4.78, 5) is 0. The van der Waals surface area contributed by atoms with Crippen molar-refractivity contribution in [3.8, 4) is 0 Å². The van der Waals surface area contributed by atoms with Crippen molar-refractivity contribution in [3.05, 3.63) is 62.0 Å². The number of rotatable bonds is 2. The minimum atomic E-state index is -0.240. The molecule has 0 aliphatic heterocycles. The van der Waals surface area contributed by atoms with E-state index in [9.17, 15) is 4.39 Å². The van der Waals surface area contributed by atoms with E-state index in [2.05, 4.69) is 43.6 Å². The van der Waals surface area contributed by atoms with Crippen molar-refractivity contribution in [1.29, 1.82) is 0 Å². The van der Waals surface area contributed by atoms with Crippen molar-refractivity contribution in [2.24, 2.45) is 0 Å². The fourth-order valence-corrected chi connectivity index (χ4v) is 3.14. The molecule has 0 aliphatic rings. The van der Waals surface area contributed by atoms with Crippen LogP contribution in [-0.4, -0.2) is 9.78 Å². The lowest BCUT2D eigenvalue weighted by Crippen LogP contribution is -2.02. The first kappa shape index (κ1) is 13.1. The van der Waals surface area contributed by atoms with Crippen LogP contribution in [0.15, 0.2) is 47.1 Å². The maximum Gasteiger partial charge on any atom is 0.150 e. The maximum absolute atomic E-state index is 14.1. The highest BCUT2D eigenvalue weighted by molar-refractivity contribution is 14.1. The molecule has 0 aliphatic carbocycles. The highest BCUT2D eigenvalue weighted by atomic mass is 127. The molecule has 0 fully saturated rings. The topological polar surface area (TPSA) is 17.8 Å². The van der Waals surface area contributed by atoms with Crippen molar-refractivity contribution in [2.45, 2.75) is 6.54 Å². The van der Waals surface area contributed by atoms with Crippen LogP contribution in [0.4, 0.5) is 4.39 Å². The summed E-state index contributed by atoms with van der Waals surface area (Å²) in [6.07, 6.45) is 0. The number of halogens is 3. The SMILES string of the molecule is Fc1cc(I)cc2c(Br)nn(Cc3ccccc3)c12. The van der Waals surface area contributed by atoms with Crippen LogP contribution in [0, 0.1) is 9.39 Å². The van der Waals surface area contributed by atoms with E-state index < -0.39 is 0 Å². The number of nitrogens with zero attached hydrogens (tertiary/aromatic N) is 2. The third-order valence-electron chi connectivity index (χ3n) is 2.89. The summed E-state index contributed by atoms with van der Waals surface area (Å²) in [6, 6.07) is 13.4. The Labute approximate surface area is 131 Å². The first-order valence-corrected chi connectivity index (χ1v) is 7.57. The summed E-state index contributed by atoms with van der Waals surface area (Å²) >= 11 is 5.50. The molecule has 0 unspecified atom stereocenters. The van der Waals surface area contributed by atoms with Gasteiger partial charge in [-0.05, 0) is 56.2 Å². The maximum atomic E-state index is 14.1. The van der Waals surface area contributed by atoms with Gasteiger partial charge in [0, 0.05) is 8.96 Å². The number of fused-ring (bicyclic) bond motifs is 1. The van der Waals surface area contributed by atoms with Crippen molar-refractivity contribution in [3.63, 3.8) is 0 Å². The zero-order valence-corrected chi connectivity index (χ0v) is 13.5. The molecule has 3 rings (SSSR count). The lowest BCUT2D eigenvalue weighted by Gasteiger charge is -2.04. The average molecular weight is 431 g/mol. The zero-order chi connectivity index (χ0) is 13.4. The van der Waals surface area contributed by atoms with Crippen LogP contribution >= 0.6 is 38.5 Å². The van der Waals surface area contributed by atoms with Crippen molar-refractivity contribution >= 4 is 49.4 Å². The van der Waals surface area contributed by atoms with Gasteiger partial charge in [-0.25, -0.2) is 4.39 Å². The van der Waals surface area contributed by atoms with Crippen LogP contribution in [0.1, 0.15) is 5.56 Å². The zero-order valence-electron chi connectivity index (χ0n) is 9.78. The van der Waals surface area contributed by atoms with Crippen LogP contribution in [-0.2, 0) is 6.54 Å². The summed E-state index contributed by atoms with van der Waals surface area (Å²) in [5, 5.41) is 5.18. The van der Waals surface area contributed by atoms with Gasteiger partial charge >= 0.3 is 0 Å². The average Bonchev–Trinajstić information content (AvgIpc) is 2.67. The number of hydrogen-bond donors (Lipinski definition) is 0. The second kappa shape index (κ2) is 5.20. The van der Waals surface area contributed by atoms with Crippen molar-refractivity contribution < 1.29 is 4.39 Å². The van der Waals surface area contributed by atoms with Gasteiger partial charge in [-0.15, -0.1) is 0 Å². The fourth-order valence-electron chi connectivity index (χ4n) is 2.07. The van der Waals surface area contributed by atoms with Gasteiger partial charge in [-0.3, -0.25) is 4.68 Å². The van der Waals surface area contributed by atoms with Gasteiger partial charge in [0.1, 0.15) is 15.9 Å². The number of hydrogen-bond acceptors (Lipinski definition) is 1. The molecule has 0 spiro atoms. The van der Waals surface area contributed by atoms with Crippen LogP contribution in [0.3, 0.4) is 0 Å². The third-order valence-corrected chi connectivity index (χ3v) is 4.10. The summed E-state index contributed by atoms with van der Waals surface area (Å²) in [5.74, 6) is -0.240. The van der Waals surface area contributed by atoms with Gasteiger partial charge in [0.15, 0.2) is 0 Å². The molecule has 1 heterocycles. The minimum absolute atomic E-state index is 0.240. The quantitative estimate of drug-likeness (QED) is 0.543. The smallest absolute Gasteiger partial charge is 0.150 e. The highest BCUT2D eigenvalue weighted by Crippen LogP contribution is 2.28. The van der Waals surface area contributed by atoms with Gasteiger partial charge in [-0.1, -0.05) is 30.3 Å². The van der Waals surface area contributed by atoms with E-state index in [0.29, 0.717) is 16.7 Å². The van der Waals surface area contributed by atoms with E-state index in [1.165, 1.54) is 6.07 Å². The summed E-state index contributed by atoms with van der Waals surface area (Å²) < 4.78 is 17.4. The molecule has 0 N–H and O–H groups in total. The Morgan fingerprint density at radius 3 is 2.68 bits per heavy atom. The summed E-state index contributed by atoms with van der Waals surface area (Å²) in [7, 11) is 0. The Bertz CT molecular complexity index is 740. The summed E-state index contributed by atoms with van der Waals surface area (Å²) in [5.41, 5.74) is 1.63. The second-order valence-electron chi connectivity index (χ2n) is 4.22. The Balaban J connectivity index is 2.15. The van der Waals surface area contributed by atoms with E-state index in [1.54, 1.807) is 4.68 Å². The molecular weight excluding hydrogens is 422 g/mol. The molecule has 3 aromatic rings. The van der Waals surface area contributed by atoms with Crippen LogP contribution < -0.4 is 0 Å². The Morgan fingerprint density at radius 2 is 1.95 bits per heavy atom. The molecule has 0 atom stereocenters. The van der Waals surface area contributed by atoms with Gasteiger partial charge < -0.3 is 0 Å². The van der Waals surface area contributed by atoms with Crippen LogP contribution in [0.25, 0.3) is 10.9 Å². The molecule has 0 saturated carbocycles. The second-order valence-corrected chi connectivity index (χ2v) is 6.21. The van der Waals surface area contributed by atoms with E-state index in [0.717, 1.165) is 14.5 Å². The molecule has 2 nitrogen and oxygen atoms in total. The molecule has 1 aromatic heterocycles. The Hall–Kier alpha value is -0.950. The van der Waals surface area contributed by atoms with Crippen molar-refractivity contribution in [1.82, 2.24) is 9.78 Å². The standard InChI is InChI=1S/C14H9BrFIN2/c15-14-11-6-10(17)7-12(16)13(11)19(18-14)8-9-4-2-1-3-5-9/h1-7H,8H2. The molecule has 0 radical (unpaired) electrons. The molecule has 0 bridgehead atoms.